The highest BCUT2D eigenvalue weighted by Gasteiger charge is 2.45. The minimum Gasteiger partial charge on any atom is -0.460 e. The van der Waals surface area contributed by atoms with Gasteiger partial charge >= 0.3 is 5.97 Å². The van der Waals surface area contributed by atoms with Gasteiger partial charge in [0, 0.05) is 13.0 Å². The second-order valence-electron chi connectivity index (χ2n) is 4.68. The summed E-state index contributed by atoms with van der Waals surface area (Å²) in [4.78, 5) is 22.1. The summed E-state index contributed by atoms with van der Waals surface area (Å²) in [6.45, 7) is 3.79. The van der Waals surface area contributed by atoms with Gasteiger partial charge in [-0.1, -0.05) is 6.58 Å². The zero-order valence-electron chi connectivity index (χ0n) is 12.2. The van der Waals surface area contributed by atoms with E-state index in [9.17, 15) is 19.8 Å². The largest absolute Gasteiger partial charge is 0.460 e. The summed E-state index contributed by atoms with van der Waals surface area (Å²) in [5.41, 5.74) is 0. The first-order valence-electron chi connectivity index (χ1n) is 6.71. The molecular weight excluding hydrogens is 298 g/mol. The Bertz CT molecular complexity index is 402. The lowest BCUT2D eigenvalue weighted by Gasteiger charge is -2.42. The molecule has 4 N–H and O–H groups in total. The first kappa shape index (κ1) is 18.5. The normalized spacial score (nSPS) is 31.4. The average molecular weight is 319 g/mol. The van der Waals surface area contributed by atoms with Crippen LogP contribution in [-0.2, 0) is 23.8 Å². The molecule has 1 saturated heterocycles. The highest BCUT2D eigenvalue weighted by Crippen LogP contribution is 2.22. The molecule has 9 heteroatoms. The quantitative estimate of drug-likeness (QED) is 0.233. The molecule has 0 spiro atoms. The summed E-state index contributed by atoms with van der Waals surface area (Å²) in [5, 5.41) is 31.3. The third kappa shape index (κ3) is 5.04. The molecule has 2 unspecified atom stereocenters. The van der Waals surface area contributed by atoms with E-state index in [1.165, 1.54) is 6.92 Å². The molecule has 1 aliphatic heterocycles. The van der Waals surface area contributed by atoms with Gasteiger partial charge in [0.2, 0.25) is 5.91 Å². The van der Waals surface area contributed by atoms with Crippen molar-refractivity contribution in [2.75, 3.05) is 19.8 Å². The van der Waals surface area contributed by atoms with E-state index in [2.05, 4.69) is 11.9 Å². The highest BCUT2D eigenvalue weighted by atomic mass is 16.7. The van der Waals surface area contributed by atoms with Crippen LogP contribution in [0.4, 0.5) is 0 Å². The molecule has 5 atom stereocenters. The van der Waals surface area contributed by atoms with Gasteiger partial charge in [-0.2, -0.15) is 0 Å². The molecule has 0 radical (unpaired) electrons. The molecule has 0 bridgehead atoms. The van der Waals surface area contributed by atoms with E-state index < -0.39 is 49.1 Å². The molecule has 1 rings (SSSR count). The van der Waals surface area contributed by atoms with Crippen molar-refractivity contribution >= 4 is 11.9 Å². The SMILES string of the molecule is C=CC(=O)OCCO[C@@H]1OC(CO)[C@@H](O)[C@H](O)C1NC(C)=O. The summed E-state index contributed by atoms with van der Waals surface area (Å²) in [6, 6.07) is -1.02. The van der Waals surface area contributed by atoms with Crippen LogP contribution in [-0.4, -0.2) is 77.7 Å². The van der Waals surface area contributed by atoms with Gasteiger partial charge in [0.05, 0.1) is 13.2 Å². The van der Waals surface area contributed by atoms with E-state index in [4.69, 9.17) is 19.3 Å². The lowest BCUT2D eigenvalue weighted by molar-refractivity contribution is -0.271. The van der Waals surface area contributed by atoms with E-state index in [-0.39, 0.29) is 13.2 Å². The van der Waals surface area contributed by atoms with Gasteiger partial charge < -0.3 is 34.8 Å². The maximum absolute atomic E-state index is 11.2. The number of ether oxygens (including phenoxy) is 3. The van der Waals surface area contributed by atoms with Crippen LogP contribution in [0.3, 0.4) is 0 Å². The number of aliphatic hydroxyl groups is 3. The highest BCUT2D eigenvalue weighted by molar-refractivity contribution is 5.81. The zero-order valence-corrected chi connectivity index (χ0v) is 12.2. The number of hydrogen-bond donors (Lipinski definition) is 4. The summed E-state index contributed by atoms with van der Waals surface area (Å²) in [5.74, 6) is -1.07. The number of nitrogens with one attached hydrogen (secondary N) is 1. The maximum atomic E-state index is 11.2. The van der Waals surface area contributed by atoms with Crippen molar-refractivity contribution < 1.29 is 39.1 Å². The minimum atomic E-state index is -1.38. The molecule has 0 aromatic heterocycles. The van der Waals surface area contributed by atoms with Crippen molar-refractivity contribution in [3.8, 4) is 0 Å². The minimum absolute atomic E-state index is 0.0682. The van der Waals surface area contributed by atoms with E-state index >= 15 is 0 Å². The van der Waals surface area contributed by atoms with E-state index in [0.717, 1.165) is 6.08 Å². The van der Waals surface area contributed by atoms with Crippen molar-refractivity contribution in [1.29, 1.82) is 0 Å². The molecule has 0 saturated carbocycles. The van der Waals surface area contributed by atoms with Gasteiger partial charge in [0.15, 0.2) is 6.29 Å². The van der Waals surface area contributed by atoms with Crippen LogP contribution < -0.4 is 5.32 Å². The van der Waals surface area contributed by atoms with Crippen LogP contribution in [0.5, 0.6) is 0 Å². The Labute approximate surface area is 127 Å². The van der Waals surface area contributed by atoms with Crippen LogP contribution in [0.25, 0.3) is 0 Å². The fourth-order valence-corrected chi connectivity index (χ4v) is 1.98. The van der Waals surface area contributed by atoms with Gasteiger partial charge in [-0.15, -0.1) is 0 Å². The molecule has 9 nitrogen and oxygen atoms in total. The maximum Gasteiger partial charge on any atom is 0.330 e. The van der Waals surface area contributed by atoms with E-state index in [1.807, 2.05) is 0 Å². The Morgan fingerprint density at radius 3 is 2.55 bits per heavy atom. The first-order valence-corrected chi connectivity index (χ1v) is 6.71. The zero-order chi connectivity index (χ0) is 16.7. The summed E-state index contributed by atoms with van der Waals surface area (Å²) in [6.07, 6.45) is -3.92. The predicted molar refractivity (Wildman–Crippen MR) is 72.5 cm³/mol. The molecule has 22 heavy (non-hydrogen) atoms. The molecule has 1 aliphatic rings. The molecule has 0 aromatic rings. The molecular formula is C13H21NO8. The van der Waals surface area contributed by atoms with Gasteiger partial charge in [-0.05, 0) is 0 Å². The lowest BCUT2D eigenvalue weighted by Crippen LogP contribution is -2.64. The topological polar surface area (TPSA) is 135 Å². The number of hydrogen-bond acceptors (Lipinski definition) is 8. The van der Waals surface area contributed by atoms with Gasteiger partial charge in [0.1, 0.15) is 31.0 Å². The number of aliphatic hydroxyl groups excluding tert-OH is 3. The molecule has 1 fully saturated rings. The van der Waals surface area contributed by atoms with Gasteiger partial charge in [-0.3, -0.25) is 4.79 Å². The second kappa shape index (κ2) is 8.81. The number of esters is 1. The third-order valence-corrected chi connectivity index (χ3v) is 3.03. The van der Waals surface area contributed by atoms with Crippen molar-refractivity contribution in [2.45, 2.75) is 37.6 Å². The van der Waals surface area contributed by atoms with Crippen molar-refractivity contribution in [1.82, 2.24) is 5.32 Å². The summed E-state index contributed by atoms with van der Waals surface area (Å²) in [7, 11) is 0. The van der Waals surface area contributed by atoms with Gasteiger partial charge in [-0.25, -0.2) is 4.79 Å². The van der Waals surface area contributed by atoms with E-state index in [1.54, 1.807) is 0 Å². The summed E-state index contributed by atoms with van der Waals surface area (Å²) < 4.78 is 15.3. The molecule has 0 aromatic carbocycles. The van der Waals surface area contributed by atoms with Gasteiger partial charge in [0.25, 0.3) is 0 Å². The Balaban J connectivity index is 2.62. The molecule has 1 amide bonds. The Kier molecular flexibility index (Phi) is 7.42. The van der Waals surface area contributed by atoms with Crippen molar-refractivity contribution in [3.63, 3.8) is 0 Å². The number of amides is 1. The van der Waals surface area contributed by atoms with Crippen molar-refractivity contribution in [3.05, 3.63) is 12.7 Å². The Morgan fingerprint density at radius 1 is 1.32 bits per heavy atom. The smallest absolute Gasteiger partial charge is 0.330 e. The van der Waals surface area contributed by atoms with Crippen LogP contribution >= 0.6 is 0 Å². The first-order chi connectivity index (χ1) is 10.4. The van der Waals surface area contributed by atoms with Crippen LogP contribution in [0, 0.1) is 0 Å². The molecule has 0 aliphatic carbocycles. The fraction of sp³-hybridized carbons (Fsp3) is 0.692. The van der Waals surface area contributed by atoms with Crippen LogP contribution in [0.2, 0.25) is 0 Å². The van der Waals surface area contributed by atoms with Crippen LogP contribution in [0.1, 0.15) is 6.92 Å². The number of carbonyl (C=O) groups is 2. The van der Waals surface area contributed by atoms with Crippen LogP contribution in [0.15, 0.2) is 12.7 Å². The second-order valence-corrected chi connectivity index (χ2v) is 4.68. The average Bonchev–Trinajstić information content (AvgIpc) is 2.49. The van der Waals surface area contributed by atoms with E-state index in [0.29, 0.717) is 0 Å². The lowest BCUT2D eigenvalue weighted by atomic mass is 9.97. The number of rotatable bonds is 7. The third-order valence-electron chi connectivity index (χ3n) is 3.03. The van der Waals surface area contributed by atoms with Crippen molar-refractivity contribution in [2.24, 2.45) is 0 Å². The molecule has 126 valence electrons. The Morgan fingerprint density at radius 2 is 2.00 bits per heavy atom. The molecule has 1 heterocycles. The monoisotopic (exact) mass is 319 g/mol. The Hall–Kier alpha value is -1.52. The fourth-order valence-electron chi connectivity index (χ4n) is 1.98. The summed E-state index contributed by atoms with van der Waals surface area (Å²) >= 11 is 0. The standard InChI is InChI=1S/C13H21NO8/c1-3-9(17)20-4-5-21-13-10(14-7(2)16)12(19)11(18)8(6-15)22-13/h3,8,10-13,15,18-19H,1,4-6H2,2H3,(H,14,16)/t8?,10?,11-,12-,13-/m1/s1. The predicted octanol–water partition coefficient (Wildman–Crippen LogP) is -2.32. The number of carbonyl (C=O) groups excluding carboxylic acids is 2.